The van der Waals surface area contributed by atoms with Gasteiger partial charge in [0.2, 0.25) is 17.7 Å². The number of thioether (sulfide) groups is 1. The van der Waals surface area contributed by atoms with Crippen LogP contribution in [-0.4, -0.2) is 68.5 Å². The molecule has 0 aromatic carbocycles. The summed E-state index contributed by atoms with van der Waals surface area (Å²) in [5, 5.41) is 16.2. The molecule has 0 aliphatic carbocycles. The van der Waals surface area contributed by atoms with Gasteiger partial charge in [0.1, 0.15) is 6.04 Å². The largest absolute Gasteiger partial charge is 0.394 e. The Labute approximate surface area is 184 Å². The molecule has 1 spiro atoms. The molecular formula is C22H37N3O4S. The highest BCUT2D eigenvalue weighted by Gasteiger charge is 2.74. The number of aliphatic hydroxyl groups is 1. The van der Waals surface area contributed by atoms with Crippen LogP contribution < -0.4 is 10.6 Å². The third-order valence-electron chi connectivity index (χ3n) is 6.65. The highest BCUT2D eigenvalue weighted by molar-refractivity contribution is 8.02. The maximum absolute atomic E-state index is 13.8. The average Bonchev–Trinajstić information content (AvgIpc) is 3.26. The number of aliphatic hydroxyl groups excluding tert-OH is 1. The lowest BCUT2D eigenvalue weighted by Gasteiger charge is -2.39. The van der Waals surface area contributed by atoms with Crippen LogP contribution >= 0.6 is 11.8 Å². The van der Waals surface area contributed by atoms with Crippen molar-refractivity contribution in [1.82, 2.24) is 15.5 Å². The summed E-state index contributed by atoms with van der Waals surface area (Å²) in [5.74, 6) is -1.33. The molecule has 170 valence electrons. The van der Waals surface area contributed by atoms with Crippen LogP contribution in [0.4, 0.5) is 0 Å². The van der Waals surface area contributed by atoms with Gasteiger partial charge in [0.25, 0.3) is 0 Å². The first-order chi connectivity index (χ1) is 14.0. The Morgan fingerprint density at radius 3 is 2.50 bits per heavy atom. The third-order valence-corrected chi connectivity index (χ3v) is 8.60. The summed E-state index contributed by atoms with van der Waals surface area (Å²) in [7, 11) is 0. The lowest BCUT2D eigenvalue weighted by Crippen LogP contribution is -2.60. The van der Waals surface area contributed by atoms with Crippen LogP contribution in [0.15, 0.2) is 0 Å². The summed E-state index contributed by atoms with van der Waals surface area (Å²) in [6.07, 6.45) is 2.41. The number of rotatable bonds is 7. The fourth-order valence-corrected chi connectivity index (χ4v) is 7.68. The maximum Gasteiger partial charge on any atom is 0.244 e. The van der Waals surface area contributed by atoms with E-state index < -0.39 is 34.2 Å². The number of likely N-dealkylation sites (tertiary alicyclic amines) is 1. The smallest absolute Gasteiger partial charge is 0.244 e. The first kappa shape index (κ1) is 23.4. The summed E-state index contributed by atoms with van der Waals surface area (Å²) in [6, 6.07) is -1.13. The van der Waals surface area contributed by atoms with E-state index in [1.807, 2.05) is 41.5 Å². The Morgan fingerprint density at radius 1 is 1.30 bits per heavy atom. The standard InChI is InChI=1S/C22H37N3O4S/c1-7-10-23-18(27)15-14-8-9-22(30-14)16(15)20(29)25(13(11-26)12(2)3)17(22)19(28)24-21(4,5)6/h12-17,26H,7-11H2,1-6H3,(H,23,27)(H,24,28)/t13-,14+,15-,16-,17?,22?/m0/s1. The monoisotopic (exact) mass is 439 g/mol. The van der Waals surface area contributed by atoms with Crippen molar-refractivity contribution in [2.45, 2.75) is 88.4 Å². The first-order valence-electron chi connectivity index (χ1n) is 11.2. The lowest BCUT2D eigenvalue weighted by molar-refractivity contribution is -0.144. The molecule has 3 rings (SSSR count). The van der Waals surface area contributed by atoms with Gasteiger partial charge >= 0.3 is 0 Å². The van der Waals surface area contributed by atoms with Crippen LogP contribution in [0.25, 0.3) is 0 Å². The van der Waals surface area contributed by atoms with E-state index in [-0.39, 0.29) is 35.5 Å². The second kappa shape index (κ2) is 8.34. The average molecular weight is 440 g/mol. The van der Waals surface area contributed by atoms with Gasteiger partial charge in [-0.2, -0.15) is 0 Å². The highest BCUT2D eigenvalue weighted by atomic mass is 32.2. The Hall–Kier alpha value is -1.28. The lowest BCUT2D eigenvalue weighted by atomic mass is 9.70. The van der Waals surface area contributed by atoms with Gasteiger partial charge in [-0.25, -0.2) is 0 Å². The zero-order valence-corrected chi connectivity index (χ0v) is 19.8. The predicted molar refractivity (Wildman–Crippen MR) is 118 cm³/mol. The SMILES string of the molecule is CCCNC(=O)[C@@H]1[C@H]2C(=O)N([C@@H](CO)C(C)C)C(C(=O)NC(C)(C)C)C23CC[C@H]1S3. The molecule has 3 fully saturated rings. The van der Waals surface area contributed by atoms with Crippen molar-refractivity contribution in [3.05, 3.63) is 0 Å². The highest BCUT2D eigenvalue weighted by Crippen LogP contribution is 2.66. The van der Waals surface area contributed by atoms with Crippen molar-refractivity contribution < 1.29 is 19.5 Å². The summed E-state index contributed by atoms with van der Waals surface area (Å²) in [4.78, 5) is 42.0. The molecule has 0 saturated carbocycles. The molecule has 0 radical (unpaired) electrons. The van der Waals surface area contributed by atoms with Crippen LogP contribution in [0.1, 0.15) is 60.8 Å². The number of hydrogen-bond acceptors (Lipinski definition) is 5. The van der Waals surface area contributed by atoms with E-state index >= 15 is 0 Å². The van der Waals surface area contributed by atoms with E-state index in [0.29, 0.717) is 6.54 Å². The van der Waals surface area contributed by atoms with Crippen LogP contribution in [0, 0.1) is 17.8 Å². The number of hydrogen-bond donors (Lipinski definition) is 3. The zero-order valence-electron chi connectivity index (χ0n) is 19.0. The van der Waals surface area contributed by atoms with Crippen molar-refractivity contribution in [3.63, 3.8) is 0 Å². The molecule has 3 heterocycles. The summed E-state index contributed by atoms with van der Waals surface area (Å²) in [5.41, 5.74) is -0.438. The molecule has 30 heavy (non-hydrogen) atoms. The van der Waals surface area contributed by atoms with E-state index in [1.54, 1.807) is 16.7 Å². The van der Waals surface area contributed by atoms with Crippen LogP contribution in [-0.2, 0) is 14.4 Å². The molecule has 0 aromatic rings. The molecule has 7 nitrogen and oxygen atoms in total. The number of carbonyl (C=O) groups is 3. The summed E-state index contributed by atoms with van der Waals surface area (Å²) < 4.78 is -0.604. The molecule has 2 unspecified atom stereocenters. The minimum Gasteiger partial charge on any atom is -0.394 e. The van der Waals surface area contributed by atoms with Gasteiger partial charge in [-0.15, -0.1) is 11.8 Å². The zero-order chi connectivity index (χ0) is 22.4. The second-order valence-electron chi connectivity index (χ2n) is 10.3. The van der Waals surface area contributed by atoms with Crippen molar-refractivity contribution in [2.24, 2.45) is 17.8 Å². The topological polar surface area (TPSA) is 98.7 Å². The van der Waals surface area contributed by atoms with Gasteiger partial charge in [0, 0.05) is 17.3 Å². The number of fused-ring (bicyclic) bond motifs is 1. The molecule has 3 aliphatic rings. The maximum atomic E-state index is 13.8. The second-order valence-corrected chi connectivity index (χ2v) is 11.9. The van der Waals surface area contributed by atoms with Crippen LogP contribution in [0.5, 0.6) is 0 Å². The van der Waals surface area contributed by atoms with Crippen molar-refractivity contribution in [3.8, 4) is 0 Å². The number of amides is 3. The van der Waals surface area contributed by atoms with Gasteiger partial charge in [-0.1, -0.05) is 20.8 Å². The first-order valence-corrected chi connectivity index (χ1v) is 12.1. The van der Waals surface area contributed by atoms with Crippen LogP contribution in [0.2, 0.25) is 0 Å². The molecule has 3 aliphatic heterocycles. The Balaban J connectivity index is 2.04. The normalized spacial score (nSPS) is 33.7. The Bertz CT molecular complexity index is 707. The molecule has 3 saturated heterocycles. The van der Waals surface area contributed by atoms with Crippen molar-refractivity contribution >= 4 is 29.5 Å². The molecule has 3 amide bonds. The minimum atomic E-state index is -0.673. The van der Waals surface area contributed by atoms with E-state index in [1.165, 1.54) is 0 Å². The van der Waals surface area contributed by atoms with E-state index in [9.17, 15) is 19.5 Å². The van der Waals surface area contributed by atoms with Crippen LogP contribution in [0.3, 0.4) is 0 Å². The molecule has 3 N–H and O–H groups in total. The van der Waals surface area contributed by atoms with Crippen molar-refractivity contribution in [1.29, 1.82) is 0 Å². The van der Waals surface area contributed by atoms with Gasteiger partial charge in [-0.05, 0) is 46.0 Å². The molecular weight excluding hydrogens is 402 g/mol. The van der Waals surface area contributed by atoms with Gasteiger partial charge in [0.15, 0.2) is 0 Å². The summed E-state index contributed by atoms with van der Waals surface area (Å²) in [6.45, 7) is 12.1. The molecule has 8 heteroatoms. The van der Waals surface area contributed by atoms with Gasteiger partial charge in [-0.3, -0.25) is 14.4 Å². The Kier molecular flexibility index (Phi) is 6.50. The number of carbonyl (C=O) groups excluding carboxylic acids is 3. The van der Waals surface area contributed by atoms with E-state index in [0.717, 1.165) is 19.3 Å². The van der Waals surface area contributed by atoms with E-state index in [2.05, 4.69) is 10.6 Å². The quantitative estimate of drug-likeness (QED) is 0.559. The van der Waals surface area contributed by atoms with Crippen molar-refractivity contribution in [2.75, 3.05) is 13.2 Å². The fraction of sp³-hybridized carbons (Fsp3) is 0.864. The number of nitrogens with zero attached hydrogens (tertiary/aromatic N) is 1. The molecule has 2 bridgehead atoms. The predicted octanol–water partition coefficient (Wildman–Crippen LogP) is 1.54. The minimum absolute atomic E-state index is 0.00585. The molecule has 6 atom stereocenters. The van der Waals surface area contributed by atoms with Gasteiger partial charge < -0.3 is 20.6 Å². The summed E-state index contributed by atoms with van der Waals surface area (Å²) >= 11 is 1.66. The number of nitrogens with one attached hydrogen (secondary N) is 2. The fourth-order valence-electron chi connectivity index (χ4n) is 5.47. The third kappa shape index (κ3) is 3.74. The van der Waals surface area contributed by atoms with E-state index in [4.69, 9.17) is 0 Å². The molecule has 0 aromatic heterocycles. The Morgan fingerprint density at radius 2 is 1.97 bits per heavy atom. The van der Waals surface area contributed by atoms with Gasteiger partial charge in [0.05, 0.1) is 29.2 Å².